The monoisotopic (exact) mass is 224 g/mol. The van der Waals surface area contributed by atoms with Crippen LogP contribution >= 0.6 is 0 Å². The fourth-order valence-corrected chi connectivity index (χ4v) is 1.49. The molecule has 0 radical (unpaired) electrons. The van der Waals surface area contributed by atoms with Crippen molar-refractivity contribution in [3.05, 3.63) is 41.6 Å². The van der Waals surface area contributed by atoms with Gasteiger partial charge >= 0.3 is 0 Å². The van der Waals surface area contributed by atoms with Crippen molar-refractivity contribution >= 4 is 17.5 Å². The molecule has 1 aromatic carbocycles. The van der Waals surface area contributed by atoms with E-state index >= 15 is 0 Å². The van der Waals surface area contributed by atoms with Gasteiger partial charge in [-0.25, -0.2) is 4.98 Å². The Labute approximate surface area is 99.9 Å². The number of nitrogen functional groups attached to an aromatic ring is 1. The quantitative estimate of drug-likeness (QED) is 0.767. The average molecular weight is 224 g/mol. The molecule has 2 rings (SSSR count). The number of nitrogens with zero attached hydrogens (tertiary/aromatic N) is 2. The molecule has 0 saturated carbocycles. The molecule has 0 fully saturated rings. The summed E-state index contributed by atoms with van der Waals surface area (Å²) in [5.74, 6) is 3.49. The minimum Gasteiger partial charge on any atom is -0.368 e. The number of aryl methyl sites for hydroxylation is 1. The van der Waals surface area contributed by atoms with Gasteiger partial charge < -0.3 is 11.1 Å². The van der Waals surface area contributed by atoms with Crippen LogP contribution in [0.15, 0.2) is 30.3 Å². The summed E-state index contributed by atoms with van der Waals surface area (Å²) in [4.78, 5) is 8.09. The second-order valence-corrected chi connectivity index (χ2v) is 3.60. The number of benzene rings is 1. The van der Waals surface area contributed by atoms with Gasteiger partial charge in [-0.1, -0.05) is 12.0 Å². The Kier molecular flexibility index (Phi) is 2.93. The zero-order valence-corrected chi connectivity index (χ0v) is 9.44. The highest BCUT2D eigenvalue weighted by molar-refractivity contribution is 5.59. The predicted octanol–water partition coefficient (Wildman–Crippen LogP) is 2.09. The molecule has 3 N–H and O–H groups in total. The number of aromatic nitrogens is 2. The van der Waals surface area contributed by atoms with Crippen LogP contribution in [-0.4, -0.2) is 9.97 Å². The molecule has 2 aromatic rings. The van der Waals surface area contributed by atoms with Crippen LogP contribution < -0.4 is 11.1 Å². The third kappa shape index (κ3) is 2.73. The Morgan fingerprint density at radius 3 is 2.82 bits per heavy atom. The first-order chi connectivity index (χ1) is 8.17. The van der Waals surface area contributed by atoms with E-state index in [0.717, 1.165) is 16.9 Å². The largest absolute Gasteiger partial charge is 0.368 e. The normalized spacial score (nSPS) is 9.65. The van der Waals surface area contributed by atoms with E-state index in [1.54, 1.807) is 0 Å². The van der Waals surface area contributed by atoms with Crippen LogP contribution in [0.5, 0.6) is 0 Å². The van der Waals surface area contributed by atoms with Gasteiger partial charge in [-0.2, -0.15) is 4.98 Å². The predicted molar refractivity (Wildman–Crippen MR) is 68.8 cm³/mol. The van der Waals surface area contributed by atoms with Crippen LogP contribution in [0.3, 0.4) is 0 Å². The first-order valence-corrected chi connectivity index (χ1v) is 5.12. The fraction of sp³-hybridized carbons (Fsp3) is 0.0769. The first-order valence-electron chi connectivity index (χ1n) is 5.12. The number of rotatable bonds is 2. The number of hydrogen-bond acceptors (Lipinski definition) is 4. The molecule has 0 bridgehead atoms. The van der Waals surface area contributed by atoms with Gasteiger partial charge in [0.2, 0.25) is 5.95 Å². The minimum absolute atomic E-state index is 0.251. The van der Waals surface area contributed by atoms with E-state index in [2.05, 4.69) is 21.2 Å². The molecule has 1 aromatic heterocycles. The molecule has 0 unspecified atom stereocenters. The van der Waals surface area contributed by atoms with Crippen molar-refractivity contribution in [3.8, 4) is 12.3 Å². The van der Waals surface area contributed by atoms with E-state index in [1.807, 2.05) is 37.3 Å². The van der Waals surface area contributed by atoms with E-state index in [1.165, 1.54) is 0 Å². The van der Waals surface area contributed by atoms with Crippen LogP contribution in [0.25, 0.3) is 0 Å². The van der Waals surface area contributed by atoms with Crippen molar-refractivity contribution in [1.29, 1.82) is 0 Å². The molecule has 0 aliphatic heterocycles. The number of hydrogen-bond donors (Lipinski definition) is 2. The van der Waals surface area contributed by atoms with Gasteiger partial charge in [-0.05, 0) is 25.1 Å². The standard InChI is InChI=1S/C13H12N4/c1-3-10-5-4-6-11(8-10)16-12-7-9(2)15-13(14)17-12/h1,4-8H,2H3,(H3,14,15,16,17). The maximum atomic E-state index is 5.57. The summed E-state index contributed by atoms with van der Waals surface area (Å²) in [6, 6.07) is 9.35. The average Bonchev–Trinajstić information content (AvgIpc) is 2.28. The van der Waals surface area contributed by atoms with Gasteiger partial charge in [0, 0.05) is 23.0 Å². The SMILES string of the molecule is C#Cc1cccc(Nc2cc(C)nc(N)n2)c1. The van der Waals surface area contributed by atoms with Crippen molar-refractivity contribution < 1.29 is 0 Å². The number of anilines is 3. The van der Waals surface area contributed by atoms with E-state index in [4.69, 9.17) is 12.2 Å². The first kappa shape index (κ1) is 11.0. The highest BCUT2D eigenvalue weighted by atomic mass is 15.1. The highest BCUT2D eigenvalue weighted by Crippen LogP contribution is 2.16. The van der Waals surface area contributed by atoms with E-state index in [-0.39, 0.29) is 5.95 Å². The molecule has 1 heterocycles. The van der Waals surface area contributed by atoms with Gasteiger partial charge in [0.1, 0.15) is 5.82 Å². The summed E-state index contributed by atoms with van der Waals surface area (Å²) < 4.78 is 0. The zero-order valence-electron chi connectivity index (χ0n) is 9.44. The molecular weight excluding hydrogens is 212 g/mol. The van der Waals surface area contributed by atoms with Crippen molar-refractivity contribution in [3.63, 3.8) is 0 Å². The molecule has 0 saturated heterocycles. The lowest BCUT2D eigenvalue weighted by molar-refractivity contribution is 1.12. The second-order valence-electron chi connectivity index (χ2n) is 3.60. The Balaban J connectivity index is 2.28. The van der Waals surface area contributed by atoms with Crippen molar-refractivity contribution in [2.45, 2.75) is 6.92 Å². The molecule has 17 heavy (non-hydrogen) atoms. The van der Waals surface area contributed by atoms with Crippen molar-refractivity contribution in [1.82, 2.24) is 9.97 Å². The third-order valence-electron chi connectivity index (χ3n) is 2.17. The Hall–Kier alpha value is -2.54. The lowest BCUT2D eigenvalue weighted by Crippen LogP contribution is -2.01. The van der Waals surface area contributed by atoms with Gasteiger partial charge in [0.25, 0.3) is 0 Å². The van der Waals surface area contributed by atoms with Gasteiger partial charge in [0.15, 0.2) is 0 Å². The third-order valence-corrected chi connectivity index (χ3v) is 2.17. The Morgan fingerprint density at radius 2 is 2.12 bits per heavy atom. The van der Waals surface area contributed by atoms with Gasteiger partial charge in [-0.3, -0.25) is 0 Å². The molecule has 84 valence electrons. The number of nitrogens with two attached hydrogens (primary N) is 1. The van der Waals surface area contributed by atoms with Crippen LogP contribution in [0.2, 0.25) is 0 Å². The summed E-state index contributed by atoms with van der Waals surface area (Å²) in [5, 5.41) is 3.13. The zero-order chi connectivity index (χ0) is 12.3. The molecule has 0 aliphatic rings. The Morgan fingerprint density at radius 1 is 1.29 bits per heavy atom. The number of nitrogens with one attached hydrogen (secondary N) is 1. The van der Waals surface area contributed by atoms with Crippen LogP contribution in [0.4, 0.5) is 17.5 Å². The lowest BCUT2D eigenvalue weighted by Gasteiger charge is -2.07. The smallest absolute Gasteiger partial charge is 0.222 e. The molecule has 0 aliphatic carbocycles. The Bertz CT molecular complexity index is 564. The van der Waals surface area contributed by atoms with Crippen molar-refractivity contribution in [2.75, 3.05) is 11.1 Å². The summed E-state index contributed by atoms with van der Waals surface area (Å²) in [7, 11) is 0. The molecule has 0 atom stereocenters. The van der Waals surface area contributed by atoms with Crippen molar-refractivity contribution in [2.24, 2.45) is 0 Å². The second kappa shape index (κ2) is 4.54. The molecular formula is C13H12N4. The van der Waals surface area contributed by atoms with Crippen LogP contribution in [-0.2, 0) is 0 Å². The minimum atomic E-state index is 0.251. The molecule has 0 amide bonds. The molecule has 4 nitrogen and oxygen atoms in total. The summed E-state index contributed by atoms with van der Waals surface area (Å²) in [6.07, 6.45) is 5.34. The summed E-state index contributed by atoms with van der Waals surface area (Å²) in [5.41, 5.74) is 8.07. The number of terminal acetylenes is 1. The van der Waals surface area contributed by atoms with Crippen LogP contribution in [0.1, 0.15) is 11.3 Å². The fourth-order valence-electron chi connectivity index (χ4n) is 1.49. The summed E-state index contributed by atoms with van der Waals surface area (Å²) >= 11 is 0. The van der Waals surface area contributed by atoms with Crippen LogP contribution in [0, 0.1) is 19.3 Å². The molecule has 4 heteroatoms. The highest BCUT2D eigenvalue weighted by Gasteiger charge is 2.00. The summed E-state index contributed by atoms with van der Waals surface area (Å²) in [6.45, 7) is 1.86. The van der Waals surface area contributed by atoms with E-state index < -0.39 is 0 Å². The van der Waals surface area contributed by atoms with Gasteiger partial charge in [-0.15, -0.1) is 6.42 Å². The lowest BCUT2D eigenvalue weighted by atomic mass is 10.2. The maximum Gasteiger partial charge on any atom is 0.222 e. The maximum absolute atomic E-state index is 5.57. The van der Waals surface area contributed by atoms with Gasteiger partial charge in [0.05, 0.1) is 0 Å². The topological polar surface area (TPSA) is 63.8 Å². The van der Waals surface area contributed by atoms with E-state index in [0.29, 0.717) is 5.82 Å². The van der Waals surface area contributed by atoms with E-state index in [9.17, 15) is 0 Å². The molecule has 0 spiro atoms.